The van der Waals surface area contributed by atoms with Crippen LogP contribution >= 0.6 is 23.2 Å². The smallest absolute Gasteiger partial charge is 0.105 e. The quantitative estimate of drug-likeness (QED) is 0.823. The van der Waals surface area contributed by atoms with Gasteiger partial charge in [-0.05, 0) is 48.9 Å². The Balaban J connectivity index is 2.20. The molecule has 1 unspecified atom stereocenters. The molecule has 1 aromatic heterocycles. The van der Waals surface area contributed by atoms with Crippen molar-refractivity contribution in [3.63, 3.8) is 0 Å². The molecule has 2 nitrogen and oxygen atoms in total. The lowest BCUT2D eigenvalue weighted by atomic mass is 10.0. The third-order valence-electron chi connectivity index (χ3n) is 2.91. The largest absolute Gasteiger partial charge is 0.469 e. The van der Waals surface area contributed by atoms with Crippen LogP contribution in [0.2, 0.25) is 10.0 Å². The van der Waals surface area contributed by atoms with Gasteiger partial charge in [-0.1, -0.05) is 30.1 Å². The standard InChI is InChI=1S/C15H17Cl2NO/c1-2-5-18-15(10-14-4-3-6-19-14)11-7-12(16)9-13(17)8-11/h3-4,6-9,15,18H,2,5,10H2,1H3. The third kappa shape index (κ3) is 4.27. The Morgan fingerprint density at radius 2 is 1.95 bits per heavy atom. The van der Waals surface area contributed by atoms with Crippen LogP contribution in [0.25, 0.3) is 0 Å². The van der Waals surface area contributed by atoms with Gasteiger partial charge >= 0.3 is 0 Å². The van der Waals surface area contributed by atoms with Gasteiger partial charge in [-0.2, -0.15) is 0 Å². The summed E-state index contributed by atoms with van der Waals surface area (Å²) >= 11 is 12.1. The van der Waals surface area contributed by atoms with Gasteiger partial charge in [-0.25, -0.2) is 0 Å². The first-order valence-electron chi connectivity index (χ1n) is 6.40. The van der Waals surface area contributed by atoms with E-state index in [1.807, 2.05) is 24.3 Å². The third-order valence-corrected chi connectivity index (χ3v) is 3.35. The lowest BCUT2D eigenvalue weighted by Gasteiger charge is -2.18. The number of halogens is 2. The fourth-order valence-electron chi connectivity index (χ4n) is 2.03. The molecule has 102 valence electrons. The van der Waals surface area contributed by atoms with E-state index in [-0.39, 0.29) is 6.04 Å². The number of furan rings is 1. The maximum Gasteiger partial charge on any atom is 0.105 e. The zero-order valence-electron chi connectivity index (χ0n) is 10.8. The predicted octanol–water partition coefficient (Wildman–Crippen LogP) is 4.87. The molecule has 1 heterocycles. The van der Waals surface area contributed by atoms with Crippen molar-refractivity contribution < 1.29 is 4.42 Å². The highest BCUT2D eigenvalue weighted by atomic mass is 35.5. The van der Waals surface area contributed by atoms with Crippen LogP contribution in [0, 0.1) is 0 Å². The minimum Gasteiger partial charge on any atom is -0.469 e. The Bertz CT molecular complexity index is 491. The minimum atomic E-state index is 0.155. The van der Waals surface area contributed by atoms with Crippen molar-refractivity contribution in [2.24, 2.45) is 0 Å². The zero-order valence-corrected chi connectivity index (χ0v) is 12.3. The van der Waals surface area contributed by atoms with E-state index in [9.17, 15) is 0 Å². The molecule has 2 rings (SSSR count). The Hall–Kier alpha value is -0.960. The molecule has 1 atom stereocenters. The molecule has 0 amide bonds. The van der Waals surface area contributed by atoms with Gasteiger partial charge in [-0.15, -0.1) is 0 Å². The summed E-state index contributed by atoms with van der Waals surface area (Å²) in [5.41, 5.74) is 1.09. The topological polar surface area (TPSA) is 25.2 Å². The fourth-order valence-corrected chi connectivity index (χ4v) is 2.58. The van der Waals surface area contributed by atoms with E-state index in [4.69, 9.17) is 27.6 Å². The second kappa shape index (κ2) is 6.99. The molecule has 0 saturated heterocycles. The Kier molecular flexibility index (Phi) is 5.32. The molecule has 0 aliphatic rings. The SMILES string of the molecule is CCCNC(Cc1ccco1)c1cc(Cl)cc(Cl)c1. The van der Waals surface area contributed by atoms with Crippen LogP contribution in [0.1, 0.15) is 30.7 Å². The summed E-state index contributed by atoms with van der Waals surface area (Å²) in [5.74, 6) is 0.949. The van der Waals surface area contributed by atoms with Crippen LogP contribution in [0.5, 0.6) is 0 Å². The van der Waals surface area contributed by atoms with Gasteiger partial charge in [0.15, 0.2) is 0 Å². The molecular formula is C15H17Cl2NO. The average molecular weight is 298 g/mol. The highest BCUT2D eigenvalue weighted by Gasteiger charge is 2.14. The number of nitrogens with one attached hydrogen (secondary N) is 1. The Labute approximate surface area is 123 Å². The molecule has 2 aromatic rings. The van der Waals surface area contributed by atoms with Gasteiger partial charge in [0.25, 0.3) is 0 Å². The molecule has 0 spiro atoms. The summed E-state index contributed by atoms with van der Waals surface area (Å²) < 4.78 is 5.42. The maximum atomic E-state index is 6.07. The maximum absolute atomic E-state index is 6.07. The molecule has 4 heteroatoms. The first-order chi connectivity index (χ1) is 9.19. The van der Waals surface area contributed by atoms with Crippen molar-refractivity contribution in [3.8, 4) is 0 Å². The first-order valence-corrected chi connectivity index (χ1v) is 7.16. The highest BCUT2D eigenvalue weighted by Crippen LogP contribution is 2.26. The molecule has 1 aromatic carbocycles. The van der Waals surface area contributed by atoms with Gasteiger partial charge in [0.2, 0.25) is 0 Å². The second-order valence-electron chi connectivity index (χ2n) is 4.49. The summed E-state index contributed by atoms with van der Waals surface area (Å²) in [6.07, 6.45) is 3.55. The van der Waals surface area contributed by atoms with Gasteiger partial charge < -0.3 is 9.73 Å². The number of benzene rings is 1. The van der Waals surface area contributed by atoms with Gasteiger partial charge in [0.05, 0.1) is 6.26 Å². The summed E-state index contributed by atoms with van der Waals surface area (Å²) in [5, 5.41) is 4.82. The van der Waals surface area contributed by atoms with Gasteiger partial charge in [-0.3, -0.25) is 0 Å². The monoisotopic (exact) mass is 297 g/mol. The molecule has 0 saturated carbocycles. The summed E-state index contributed by atoms with van der Waals surface area (Å²) in [4.78, 5) is 0. The van der Waals surface area contributed by atoms with Crippen molar-refractivity contribution in [1.82, 2.24) is 5.32 Å². The average Bonchev–Trinajstić information content (AvgIpc) is 2.86. The van der Waals surface area contributed by atoms with Crippen LogP contribution in [-0.4, -0.2) is 6.54 Å². The van der Waals surface area contributed by atoms with Crippen LogP contribution in [-0.2, 0) is 6.42 Å². The van der Waals surface area contributed by atoms with E-state index in [1.54, 1.807) is 12.3 Å². The van der Waals surface area contributed by atoms with Gasteiger partial charge in [0.1, 0.15) is 5.76 Å². The van der Waals surface area contributed by atoms with Crippen LogP contribution < -0.4 is 5.32 Å². The molecule has 0 aliphatic heterocycles. The van der Waals surface area contributed by atoms with E-state index >= 15 is 0 Å². The van der Waals surface area contributed by atoms with Crippen LogP contribution in [0.4, 0.5) is 0 Å². The van der Waals surface area contributed by atoms with Crippen molar-refractivity contribution in [2.75, 3.05) is 6.54 Å². The lowest BCUT2D eigenvalue weighted by Crippen LogP contribution is -2.24. The van der Waals surface area contributed by atoms with Crippen molar-refractivity contribution in [2.45, 2.75) is 25.8 Å². The van der Waals surface area contributed by atoms with E-state index in [0.717, 1.165) is 30.7 Å². The summed E-state index contributed by atoms with van der Waals surface area (Å²) in [7, 11) is 0. The summed E-state index contributed by atoms with van der Waals surface area (Å²) in [6.45, 7) is 3.08. The summed E-state index contributed by atoms with van der Waals surface area (Å²) in [6, 6.07) is 9.68. The van der Waals surface area contributed by atoms with E-state index in [0.29, 0.717) is 10.0 Å². The zero-order chi connectivity index (χ0) is 13.7. The molecule has 1 N–H and O–H groups in total. The van der Waals surface area contributed by atoms with Crippen LogP contribution in [0.3, 0.4) is 0 Å². The number of hydrogen-bond donors (Lipinski definition) is 1. The van der Waals surface area contributed by atoms with E-state index in [1.165, 1.54) is 0 Å². The normalized spacial score (nSPS) is 12.6. The van der Waals surface area contributed by atoms with Crippen molar-refractivity contribution in [1.29, 1.82) is 0 Å². The van der Waals surface area contributed by atoms with Crippen LogP contribution in [0.15, 0.2) is 41.0 Å². The molecule has 0 fully saturated rings. The van der Waals surface area contributed by atoms with E-state index in [2.05, 4.69) is 12.2 Å². The van der Waals surface area contributed by atoms with Crippen molar-refractivity contribution >= 4 is 23.2 Å². The Morgan fingerprint density at radius 1 is 1.21 bits per heavy atom. The van der Waals surface area contributed by atoms with Crippen molar-refractivity contribution in [3.05, 3.63) is 58.0 Å². The number of hydrogen-bond acceptors (Lipinski definition) is 2. The van der Waals surface area contributed by atoms with Gasteiger partial charge in [0, 0.05) is 22.5 Å². The Morgan fingerprint density at radius 3 is 2.53 bits per heavy atom. The lowest BCUT2D eigenvalue weighted by molar-refractivity contribution is 0.449. The molecule has 0 radical (unpaired) electrons. The fraction of sp³-hybridized carbons (Fsp3) is 0.333. The van der Waals surface area contributed by atoms with E-state index < -0.39 is 0 Å². The minimum absolute atomic E-state index is 0.155. The molecular weight excluding hydrogens is 281 g/mol. The predicted molar refractivity (Wildman–Crippen MR) is 79.9 cm³/mol. The number of rotatable bonds is 6. The molecule has 0 bridgehead atoms. The molecule has 19 heavy (non-hydrogen) atoms. The highest BCUT2D eigenvalue weighted by molar-refractivity contribution is 6.34. The molecule has 0 aliphatic carbocycles. The first kappa shape index (κ1) is 14.4. The second-order valence-corrected chi connectivity index (χ2v) is 5.37.